The van der Waals surface area contributed by atoms with Crippen LogP contribution in [0.25, 0.3) is 0 Å². The maximum atomic E-state index is 13.4. The number of rotatable bonds is 7. The minimum absolute atomic E-state index is 0.0931. The van der Waals surface area contributed by atoms with Crippen molar-refractivity contribution < 1.29 is 9.53 Å². The molecular weight excluding hydrogens is 274 g/mol. The van der Waals surface area contributed by atoms with Gasteiger partial charge in [0.25, 0.3) is 0 Å². The van der Waals surface area contributed by atoms with E-state index in [0.29, 0.717) is 29.7 Å². The second-order valence-electron chi connectivity index (χ2n) is 7.73. The van der Waals surface area contributed by atoms with Gasteiger partial charge < -0.3 is 9.64 Å². The predicted molar refractivity (Wildman–Crippen MR) is 92.8 cm³/mol. The Hall–Kier alpha value is -0.570. The van der Waals surface area contributed by atoms with E-state index in [0.717, 1.165) is 32.5 Å². The van der Waals surface area contributed by atoms with E-state index >= 15 is 0 Å². The minimum Gasteiger partial charge on any atom is -0.381 e. The van der Waals surface area contributed by atoms with Crippen molar-refractivity contribution in [3.63, 3.8) is 0 Å². The van der Waals surface area contributed by atoms with E-state index in [-0.39, 0.29) is 12.0 Å². The van der Waals surface area contributed by atoms with Gasteiger partial charge in [-0.2, -0.15) is 0 Å². The first-order chi connectivity index (χ1) is 10.3. The molecule has 0 aromatic heterocycles. The van der Waals surface area contributed by atoms with Gasteiger partial charge in [-0.05, 0) is 50.9 Å². The third-order valence-corrected chi connectivity index (χ3v) is 5.43. The van der Waals surface area contributed by atoms with Crippen molar-refractivity contribution in [2.45, 2.75) is 79.8 Å². The van der Waals surface area contributed by atoms with E-state index in [1.165, 1.54) is 0 Å². The third-order valence-electron chi connectivity index (χ3n) is 5.43. The zero-order valence-electron chi connectivity index (χ0n) is 15.8. The number of nitrogens with zero attached hydrogens (tertiary/aromatic N) is 1. The maximum Gasteiger partial charge on any atom is 0.226 e. The molecule has 0 N–H and O–H groups in total. The summed E-state index contributed by atoms with van der Waals surface area (Å²) >= 11 is 0. The lowest BCUT2D eigenvalue weighted by Gasteiger charge is -2.42. The molecule has 1 fully saturated rings. The van der Waals surface area contributed by atoms with Gasteiger partial charge in [0.1, 0.15) is 0 Å². The molecule has 130 valence electrons. The molecule has 1 amide bonds. The van der Waals surface area contributed by atoms with Crippen LogP contribution in [0.2, 0.25) is 0 Å². The Morgan fingerprint density at radius 3 is 2.18 bits per heavy atom. The van der Waals surface area contributed by atoms with Gasteiger partial charge in [-0.1, -0.05) is 34.6 Å². The van der Waals surface area contributed by atoms with Gasteiger partial charge in [0.05, 0.1) is 6.61 Å². The smallest absolute Gasteiger partial charge is 0.226 e. The number of carbonyl (C=O) groups excluding carboxylic acids is 1. The molecule has 0 aromatic rings. The van der Waals surface area contributed by atoms with E-state index in [1.807, 2.05) is 0 Å². The fourth-order valence-electron chi connectivity index (χ4n) is 3.59. The summed E-state index contributed by atoms with van der Waals surface area (Å²) in [5.41, 5.74) is 0. The van der Waals surface area contributed by atoms with Gasteiger partial charge >= 0.3 is 0 Å². The largest absolute Gasteiger partial charge is 0.381 e. The van der Waals surface area contributed by atoms with Crippen LogP contribution in [0.5, 0.6) is 0 Å². The Balaban J connectivity index is 3.00. The lowest BCUT2D eigenvalue weighted by molar-refractivity contribution is -0.147. The van der Waals surface area contributed by atoms with E-state index in [4.69, 9.17) is 4.74 Å². The van der Waals surface area contributed by atoms with Crippen LogP contribution in [0.15, 0.2) is 0 Å². The van der Waals surface area contributed by atoms with E-state index < -0.39 is 0 Å². The SMILES string of the molecule is CCC(C)N(C(=O)C(C(C)C)C1CCCOC1)[C@@H](C)C(C)C. The molecule has 0 aliphatic carbocycles. The Morgan fingerprint density at radius 1 is 1.14 bits per heavy atom. The van der Waals surface area contributed by atoms with Crippen LogP contribution in [-0.4, -0.2) is 36.1 Å². The maximum absolute atomic E-state index is 13.4. The molecule has 0 spiro atoms. The van der Waals surface area contributed by atoms with Crippen molar-refractivity contribution in [1.82, 2.24) is 4.90 Å². The highest BCUT2D eigenvalue weighted by atomic mass is 16.5. The van der Waals surface area contributed by atoms with Gasteiger partial charge in [-0.25, -0.2) is 0 Å². The van der Waals surface area contributed by atoms with Gasteiger partial charge in [-0.15, -0.1) is 0 Å². The summed E-state index contributed by atoms with van der Waals surface area (Å²) in [5, 5.41) is 0. The predicted octanol–water partition coefficient (Wildman–Crippen LogP) is 4.36. The lowest BCUT2D eigenvalue weighted by Crippen LogP contribution is -2.52. The van der Waals surface area contributed by atoms with E-state index in [1.54, 1.807) is 0 Å². The van der Waals surface area contributed by atoms with Gasteiger partial charge in [0.15, 0.2) is 0 Å². The highest BCUT2D eigenvalue weighted by Crippen LogP contribution is 2.32. The highest BCUT2D eigenvalue weighted by Gasteiger charge is 2.38. The summed E-state index contributed by atoms with van der Waals surface area (Å²) in [4.78, 5) is 15.6. The van der Waals surface area contributed by atoms with Crippen molar-refractivity contribution >= 4 is 5.91 Å². The van der Waals surface area contributed by atoms with E-state index in [9.17, 15) is 4.79 Å². The molecule has 1 heterocycles. The molecule has 22 heavy (non-hydrogen) atoms. The number of hydrogen-bond donors (Lipinski definition) is 0. The van der Waals surface area contributed by atoms with Crippen LogP contribution in [0.3, 0.4) is 0 Å². The summed E-state index contributed by atoms with van der Waals surface area (Å²) in [6.07, 6.45) is 3.22. The second-order valence-corrected chi connectivity index (χ2v) is 7.73. The zero-order chi connectivity index (χ0) is 16.9. The number of amides is 1. The van der Waals surface area contributed by atoms with Crippen molar-refractivity contribution in [2.75, 3.05) is 13.2 Å². The van der Waals surface area contributed by atoms with Gasteiger partial charge in [0.2, 0.25) is 5.91 Å². The Bertz CT molecular complexity index is 334. The Morgan fingerprint density at radius 2 is 1.77 bits per heavy atom. The molecule has 1 saturated heterocycles. The van der Waals surface area contributed by atoms with Gasteiger partial charge in [-0.3, -0.25) is 4.79 Å². The first-order valence-corrected chi connectivity index (χ1v) is 9.21. The van der Waals surface area contributed by atoms with Crippen molar-refractivity contribution in [3.05, 3.63) is 0 Å². The molecule has 1 rings (SSSR count). The minimum atomic E-state index is 0.0931. The average Bonchev–Trinajstić information content (AvgIpc) is 2.47. The van der Waals surface area contributed by atoms with Crippen LogP contribution in [0.1, 0.15) is 67.7 Å². The molecule has 3 unspecified atom stereocenters. The zero-order valence-corrected chi connectivity index (χ0v) is 15.8. The first kappa shape index (κ1) is 19.5. The van der Waals surface area contributed by atoms with Crippen LogP contribution in [-0.2, 0) is 9.53 Å². The quantitative estimate of drug-likeness (QED) is 0.699. The van der Waals surface area contributed by atoms with E-state index in [2.05, 4.69) is 53.4 Å². The second kappa shape index (κ2) is 8.90. The molecule has 1 aliphatic heterocycles. The fourth-order valence-corrected chi connectivity index (χ4v) is 3.59. The lowest BCUT2D eigenvalue weighted by atomic mass is 9.78. The molecule has 3 heteroatoms. The molecule has 1 aliphatic rings. The van der Waals surface area contributed by atoms with Crippen molar-refractivity contribution in [1.29, 1.82) is 0 Å². The molecule has 0 aromatic carbocycles. The fraction of sp³-hybridized carbons (Fsp3) is 0.947. The normalized spacial score (nSPS) is 23.4. The molecule has 3 nitrogen and oxygen atoms in total. The number of carbonyl (C=O) groups is 1. The summed E-state index contributed by atoms with van der Waals surface area (Å²) in [5.74, 6) is 1.67. The molecule has 4 atom stereocenters. The number of ether oxygens (including phenoxy) is 1. The third kappa shape index (κ3) is 4.71. The Kier molecular flexibility index (Phi) is 7.88. The van der Waals surface area contributed by atoms with Crippen LogP contribution in [0.4, 0.5) is 0 Å². The molecular formula is C19H37NO2. The van der Waals surface area contributed by atoms with Gasteiger partial charge in [0, 0.05) is 24.6 Å². The average molecular weight is 312 g/mol. The van der Waals surface area contributed by atoms with Crippen LogP contribution in [0, 0.1) is 23.7 Å². The topological polar surface area (TPSA) is 29.5 Å². The van der Waals surface area contributed by atoms with Crippen molar-refractivity contribution in [2.24, 2.45) is 23.7 Å². The molecule has 0 saturated carbocycles. The standard InChI is InChI=1S/C19H37NO2/c1-8-15(6)20(16(7)13(2)3)19(21)18(14(4)5)17-10-9-11-22-12-17/h13-18H,8-12H2,1-7H3/t15?,16-,17?,18?/m0/s1. The molecule has 0 bridgehead atoms. The Labute approximate surface area is 137 Å². The summed E-state index contributed by atoms with van der Waals surface area (Å²) in [6.45, 7) is 17.0. The first-order valence-electron chi connectivity index (χ1n) is 9.21. The van der Waals surface area contributed by atoms with Crippen molar-refractivity contribution in [3.8, 4) is 0 Å². The summed E-state index contributed by atoms with van der Waals surface area (Å²) in [7, 11) is 0. The number of hydrogen-bond acceptors (Lipinski definition) is 2. The monoisotopic (exact) mass is 311 g/mol. The molecule has 0 radical (unpaired) electrons. The summed E-state index contributed by atoms with van der Waals surface area (Å²) < 4.78 is 5.67. The van der Waals surface area contributed by atoms with Crippen LogP contribution >= 0.6 is 0 Å². The highest BCUT2D eigenvalue weighted by molar-refractivity contribution is 5.80. The van der Waals surface area contributed by atoms with Crippen LogP contribution < -0.4 is 0 Å². The summed E-state index contributed by atoms with van der Waals surface area (Å²) in [6, 6.07) is 0.587.